The van der Waals surface area contributed by atoms with Gasteiger partial charge in [0.25, 0.3) is 0 Å². The largest absolute Gasteiger partial charge is 0.370 e. The molecule has 1 aliphatic carbocycles. The van der Waals surface area contributed by atoms with Gasteiger partial charge < -0.3 is 4.90 Å². The molecule has 0 unspecified atom stereocenters. The number of aromatic nitrogens is 1. The van der Waals surface area contributed by atoms with Crippen LogP contribution in [-0.2, 0) is 0 Å². The fourth-order valence-electron chi connectivity index (χ4n) is 3.04. The number of fused-ring (bicyclic) bond motifs is 1. The van der Waals surface area contributed by atoms with Crippen molar-refractivity contribution in [3.63, 3.8) is 0 Å². The standard InChI is InChI=1S/C16H20N2/c1-18(14-9-3-2-4-10-14)15-11-5-7-13-8-6-12-17-16(13)15/h5-8,11-12,14H,2-4,9-10H2,1H3. The molecule has 1 saturated carbocycles. The Bertz CT molecular complexity index is 524. The summed E-state index contributed by atoms with van der Waals surface area (Å²) in [5, 5.41) is 1.23. The smallest absolute Gasteiger partial charge is 0.0935 e. The Morgan fingerprint density at radius 2 is 1.83 bits per heavy atom. The van der Waals surface area contributed by atoms with Gasteiger partial charge in [-0.2, -0.15) is 0 Å². The molecule has 0 aliphatic heterocycles. The molecule has 3 rings (SSSR count). The first-order valence-electron chi connectivity index (χ1n) is 6.93. The molecule has 2 nitrogen and oxygen atoms in total. The van der Waals surface area contributed by atoms with E-state index in [4.69, 9.17) is 0 Å². The van der Waals surface area contributed by atoms with Gasteiger partial charge in [-0.3, -0.25) is 4.98 Å². The molecule has 2 aromatic rings. The summed E-state index contributed by atoms with van der Waals surface area (Å²) < 4.78 is 0. The molecule has 18 heavy (non-hydrogen) atoms. The number of benzene rings is 1. The van der Waals surface area contributed by atoms with Crippen molar-refractivity contribution in [2.75, 3.05) is 11.9 Å². The number of hydrogen-bond donors (Lipinski definition) is 0. The highest BCUT2D eigenvalue weighted by molar-refractivity contribution is 5.90. The Morgan fingerprint density at radius 1 is 1.06 bits per heavy atom. The van der Waals surface area contributed by atoms with Gasteiger partial charge in [-0.05, 0) is 25.0 Å². The van der Waals surface area contributed by atoms with E-state index in [9.17, 15) is 0 Å². The van der Waals surface area contributed by atoms with E-state index in [2.05, 4.69) is 41.2 Å². The second-order valence-electron chi connectivity index (χ2n) is 5.25. The van der Waals surface area contributed by atoms with E-state index in [-0.39, 0.29) is 0 Å². The number of hydrogen-bond acceptors (Lipinski definition) is 2. The summed E-state index contributed by atoms with van der Waals surface area (Å²) in [6.07, 6.45) is 8.67. The minimum Gasteiger partial charge on any atom is -0.370 e. The quantitative estimate of drug-likeness (QED) is 0.788. The predicted molar refractivity (Wildman–Crippen MR) is 77.0 cm³/mol. The lowest BCUT2D eigenvalue weighted by molar-refractivity contribution is 0.428. The maximum atomic E-state index is 4.56. The third-order valence-electron chi connectivity index (χ3n) is 4.11. The van der Waals surface area contributed by atoms with Crippen molar-refractivity contribution < 1.29 is 0 Å². The van der Waals surface area contributed by atoms with Crippen LogP contribution in [0.3, 0.4) is 0 Å². The van der Waals surface area contributed by atoms with Crippen molar-refractivity contribution in [2.45, 2.75) is 38.1 Å². The van der Waals surface area contributed by atoms with Crippen LogP contribution in [0.25, 0.3) is 10.9 Å². The highest BCUT2D eigenvalue weighted by Crippen LogP contribution is 2.30. The number of rotatable bonds is 2. The highest BCUT2D eigenvalue weighted by atomic mass is 15.1. The van der Waals surface area contributed by atoms with Crippen molar-refractivity contribution in [1.82, 2.24) is 4.98 Å². The highest BCUT2D eigenvalue weighted by Gasteiger charge is 2.19. The van der Waals surface area contributed by atoms with Crippen molar-refractivity contribution in [2.24, 2.45) is 0 Å². The molecule has 1 aromatic carbocycles. The second kappa shape index (κ2) is 4.97. The van der Waals surface area contributed by atoms with Gasteiger partial charge in [-0.15, -0.1) is 0 Å². The first-order chi connectivity index (χ1) is 8.86. The van der Waals surface area contributed by atoms with E-state index in [1.54, 1.807) is 0 Å². The van der Waals surface area contributed by atoms with Gasteiger partial charge in [0.1, 0.15) is 0 Å². The zero-order valence-electron chi connectivity index (χ0n) is 11.0. The van der Waals surface area contributed by atoms with Crippen LogP contribution in [0.1, 0.15) is 32.1 Å². The summed E-state index contributed by atoms with van der Waals surface area (Å²) in [5.41, 5.74) is 2.41. The van der Waals surface area contributed by atoms with Crippen LogP contribution >= 0.6 is 0 Å². The lowest BCUT2D eigenvalue weighted by atomic mass is 9.94. The van der Waals surface area contributed by atoms with E-state index in [0.717, 1.165) is 5.52 Å². The molecular weight excluding hydrogens is 220 g/mol. The van der Waals surface area contributed by atoms with Gasteiger partial charge in [0.15, 0.2) is 0 Å². The average molecular weight is 240 g/mol. The number of pyridine rings is 1. The molecular formula is C16H20N2. The Balaban J connectivity index is 1.97. The van der Waals surface area contributed by atoms with Crippen LogP contribution in [0, 0.1) is 0 Å². The fraction of sp³-hybridized carbons (Fsp3) is 0.438. The molecule has 0 atom stereocenters. The SMILES string of the molecule is CN(c1cccc2cccnc12)C1CCCCC1. The predicted octanol–water partition coefficient (Wildman–Crippen LogP) is 4.00. The van der Waals surface area contributed by atoms with Gasteiger partial charge in [0, 0.05) is 24.7 Å². The molecule has 0 radical (unpaired) electrons. The van der Waals surface area contributed by atoms with Gasteiger partial charge in [-0.25, -0.2) is 0 Å². The Kier molecular flexibility index (Phi) is 3.18. The number of anilines is 1. The van der Waals surface area contributed by atoms with Gasteiger partial charge >= 0.3 is 0 Å². The molecule has 1 fully saturated rings. The van der Waals surface area contributed by atoms with Crippen LogP contribution in [0.4, 0.5) is 5.69 Å². The second-order valence-corrected chi connectivity index (χ2v) is 5.25. The van der Waals surface area contributed by atoms with Crippen molar-refractivity contribution in [1.29, 1.82) is 0 Å². The maximum Gasteiger partial charge on any atom is 0.0935 e. The summed E-state index contributed by atoms with van der Waals surface area (Å²) in [6.45, 7) is 0. The zero-order valence-corrected chi connectivity index (χ0v) is 11.0. The third-order valence-corrected chi connectivity index (χ3v) is 4.11. The Hall–Kier alpha value is -1.57. The summed E-state index contributed by atoms with van der Waals surface area (Å²) in [4.78, 5) is 6.99. The molecule has 1 heterocycles. The monoisotopic (exact) mass is 240 g/mol. The first-order valence-corrected chi connectivity index (χ1v) is 6.93. The normalized spacial score (nSPS) is 16.9. The molecule has 2 heteroatoms. The van der Waals surface area contributed by atoms with Crippen LogP contribution in [-0.4, -0.2) is 18.1 Å². The molecule has 0 bridgehead atoms. The molecule has 0 N–H and O–H groups in total. The van der Waals surface area contributed by atoms with Crippen molar-refractivity contribution in [3.05, 3.63) is 36.5 Å². The Morgan fingerprint density at radius 3 is 2.67 bits per heavy atom. The number of para-hydroxylation sites is 1. The summed E-state index contributed by atoms with van der Waals surface area (Å²) in [5.74, 6) is 0. The zero-order chi connectivity index (χ0) is 12.4. The molecule has 1 aliphatic rings. The summed E-state index contributed by atoms with van der Waals surface area (Å²) in [7, 11) is 2.22. The van der Waals surface area contributed by atoms with E-state index >= 15 is 0 Å². The first kappa shape index (κ1) is 11.5. The van der Waals surface area contributed by atoms with E-state index < -0.39 is 0 Å². The van der Waals surface area contributed by atoms with Crippen LogP contribution in [0.15, 0.2) is 36.5 Å². The molecule has 0 saturated heterocycles. The van der Waals surface area contributed by atoms with E-state index in [1.165, 1.54) is 43.2 Å². The molecule has 94 valence electrons. The lowest BCUT2D eigenvalue weighted by Crippen LogP contribution is -2.33. The average Bonchev–Trinajstić information content (AvgIpc) is 2.47. The van der Waals surface area contributed by atoms with Crippen LogP contribution in [0.2, 0.25) is 0 Å². The Labute approximate surface area is 109 Å². The number of nitrogens with zero attached hydrogens (tertiary/aromatic N) is 2. The van der Waals surface area contributed by atoms with Crippen molar-refractivity contribution in [3.8, 4) is 0 Å². The van der Waals surface area contributed by atoms with Gasteiger partial charge in [-0.1, -0.05) is 37.5 Å². The third kappa shape index (κ3) is 2.07. The summed E-state index contributed by atoms with van der Waals surface area (Å²) >= 11 is 0. The topological polar surface area (TPSA) is 16.1 Å². The molecule has 1 aromatic heterocycles. The van der Waals surface area contributed by atoms with E-state index in [0.29, 0.717) is 6.04 Å². The van der Waals surface area contributed by atoms with Crippen LogP contribution in [0.5, 0.6) is 0 Å². The van der Waals surface area contributed by atoms with Crippen molar-refractivity contribution >= 4 is 16.6 Å². The van der Waals surface area contributed by atoms with E-state index in [1.807, 2.05) is 12.3 Å². The van der Waals surface area contributed by atoms with Gasteiger partial charge in [0.05, 0.1) is 11.2 Å². The fourth-order valence-corrected chi connectivity index (χ4v) is 3.04. The van der Waals surface area contributed by atoms with Crippen LogP contribution < -0.4 is 4.90 Å². The molecule has 0 amide bonds. The maximum absolute atomic E-state index is 4.56. The minimum atomic E-state index is 0.686. The minimum absolute atomic E-state index is 0.686. The molecule has 0 spiro atoms. The van der Waals surface area contributed by atoms with Gasteiger partial charge in [0.2, 0.25) is 0 Å². The lowest BCUT2D eigenvalue weighted by Gasteiger charge is -2.33. The summed E-state index contributed by atoms with van der Waals surface area (Å²) in [6, 6.07) is 11.3.